The van der Waals surface area contributed by atoms with Crippen molar-refractivity contribution >= 4 is 0 Å². The van der Waals surface area contributed by atoms with Crippen LogP contribution >= 0.6 is 0 Å². The fraction of sp³-hybridized carbons (Fsp3) is 0.333. The van der Waals surface area contributed by atoms with Crippen molar-refractivity contribution in [3.05, 3.63) is 108 Å². The topological polar surface area (TPSA) is 79.2 Å². The molecule has 0 bridgehead atoms. The third kappa shape index (κ3) is 5.00. The molecule has 1 fully saturated rings. The van der Waals surface area contributed by atoms with Crippen LogP contribution in [0.3, 0.4) is 0 Å². The maximum absolute atomic E-state index is 14.4. The van der Waals surface area contributed by atoms with E-state index < -0.39 is 29.8 Å². The summed E-state index contributed by atoms with van der Waals surface area (Å²) in [6.07, 6.45) is -5.29. The lowest BCUT2D eigenvalue weighted by molar-refractivity contribution is -0.176. The zero-order valence-electron chi connectivity index (χ0n) is 18.3. The van der Waals surface area contributed by atoms with Crippen LogP contribution in [0.2, 0.25) is 0 Å². The summed E-state index contributed by atoms with van der Waals surface area (Å²) < 4.78 is 26.0. The van der Waals surface area contributed by atoms with Crippen molar-refractivity contribution in [2.45, 2.75) is 49.2 Å². The maximum atomic E-state index is 14.4. The molecule has 0 radical (unpaired) electrons. The number of hydrogen-bond acceptors (Lipinski definition) is 5. The van der Waals surface area contributed by atoms with Crippen molar-refractivity contribution in [2.75, 3.05) is 6.61 Å². The minimum absolute atomic E-state index is 0.000241. The highest BCUT2D eigenvalue weighted by atomic mass is 19.1. The van der Waals surface area contributed by atoms with Gasteiger partial charge in [-0.3, -0.25) is 0 Å². The molecule has 0 spiro atoms. The summed E-state index contributed by atoms with van der Waals surface area (Å²) >= 11 is 0. The standard InChI is InChI=1S/C27H29FO5/c28-25(29)24-27(31,17-21-12-6-2-7-13-21)26(30,16-20-10-4-1-5-11-20)23(33-24)19-32-18-22-14-8-3-9-15-22/h1-15,23-25,29-31H,16-19H2/t23-,24?,25?,26-,27-/m1/s1. The van der Waals surface area contributed by atoms with Crippen molar-refractivity contribution < 1.29 is 29.2 Å². The van der Waals surface area contributed by atoms with Crippen LogP contribution in [0.4, 0.5) is 4.39 Å². The average molecular weight is 453 g/mol. The molecule has 3 aromatic rings. The van der Waals surface area contributed by atoms with E-state index in [0.29, 0.717) is 5.56 Å². The summed E-state index contributed by atoms with van der Waals surface area (Å²) in [5, 5.41) is 33.7. The van der Waals surface area contributed by atoms with Crippen molar-refractivity contribution in [3.8, 4) is 0 Å². The van der Waals surface area contributed by atoms with Crippen molar-refractivity contribution in [2.24, 2.45) is 0 Å². The van der Waals surface area contributed by atoms with Gasteiger partial charge in [0, 0.05) is 12.8 Å². The van der Waals surface area contributed by atoms with Crippen LogP contribution in [0.25, 0.3) is 0 Å². The second-order valence-corrected chi connectivity index (χ2v) is 8.59. The van der Waals surface area contributed by atoms with Crippen LogP contribution in [0.1, 0.15) is 16.7 Å². The van der Waals surface area contributed by atoms with E-state index in [4.69, 9.17) is 9.47 Å². The number of halogens is 1. The van der Waals surface area contributed by atoms with Gasteiger partial charge in [-0.2, -0.15) is 0 Å². The highest BCUT2D eigenvalue weighted by molar-refractivity contribution is 5.28. The number of aliphatic hydroxyl groups excluding tert-OH is 1. The summed E-state index contributed by atoms with van der Waals surface area (Å²) in [5.74, 6) is 0. The van der Waals surface area contributed by atoms with E-state index in [1.54, 1.807) is 24.3 Å². The molecular weight excluding hydrogens is 423 g/mol. The molecule has 33 heavy (non-hydrogen) atoms. The molecular formula is C27H29FO5. The lowest BCUT2D eigenvalue weighted by Crippen LogP contribution is -2.63. The zero-order chi connectivity index (χ0) is 23.3. The third-order valence-electron chi connectivity index (χ3n) is 6.33. The van der Waals surface area contributed by atoms with Gasteiger partial charge < -0.3 is 24.8 Å². The minimum Gasteiger partial charge on any atom is -0.384 e. The Balaban J connectivity index is 1.65. The van der Waals surface area contributed by atoms with Crippen molar-refractivity contribution in [1.82, 2.24) is 0 Å². The molecule has 1 aliphatic rings. The predicted octanol–water partition coefficient (Wildman–Crippen LogP) is 3.21. The Bertz CT molecular complexity index is 1000. The van der Waals surface area contributed by atoms with Gasteiger partial charge in [-0.1, -0.05) is 91.0 Å². The number of rotatable bonds is 9. The highest BCUT2D eigenvalue weighted by Crippen LogP contribution is 2.46. The Morgan fingerprint density at radius 3 is 1.70 bits per heavy atom. The average Bonchev–Trinajstić information content (AvgIpc) is 3.02. The number of aliphatic hydroxyl groups is 3. The fourth-order valence-electron chi connectivity index (χ4n) is 4.59. The van der Waals surface area contributed by atoms with Crippen LogP contribution in [-0.4, -0.2) is 51.7 Å². The molecule has 1 saturated heterocycles. The van der Waals surface area contributed by atoms with Gasteiger partial charge in [0.25, 0.3) is 0 Å². The van der Waals surface area contributed by atoms with Gasteiger partial charge in [0.2, 0.25) is 6.36 Å². The van der Waals surface area contributed by atoms with E-state index in [-0.39, 0.29) is 26.1 Å². The van der Waals surface area contributed by atoms with Crippen LogP contribution in [-0.2, 0) is 28.9 Å². The van der Waals surface area contributed by atoms with Gasteiger partial charge in [-0.25, -0.2) is 4.39 Å². The quantitative estimate of drug-likeness (QED) is 0.465. The Hall–Kier alpha value is -2.61. The van der Waals surface area contributed by atoms with E-state index in [9.17, 15) is 19.7 Å². The first-order valence-electron chi connectivity index (χ1n) is 11.0. The first-order chi connectivity index (χ1) is 15.9. The summed E-state index contributed by atoms with van der Waals surface area (Å²) in [4.78, 5) is 0. The Labute approximate surface area is 193 Å². The molecule has 2 unspecified atom stereocenters. The summed E-state index contributed by atoms with van der Waals surface area (Å²) in [6.45, 7) is 0.181. The van der Waals surface area contributed by atoms with Crippen LogP contribution in [0.15, 0.2) is 91.0 Å². The lowest BCUT2D eigenvalue weighted by Gasteiger charge is -2.41. The number of hydrogen-bond donors (Lipinski definition) is 3. The largest absolute Gasteiger partial charge is 0.384 e. The Morgan fingerprint density at radius 2 is 1.21 bits per heavy atom. The lowest BCUT2D eigenvalue weighted by atomic mass is 9.71. The number of ether oxygens (including phenoxy) is 2. The SMILES string of the molecule is OC(F)C1O[C@H](COCc2ccccc2)[C@](O)(Cc2ccccc2)[C@@]1(O)Cc1ccccc1. The van der Waals surface area contributed by atoms with Crippen molar-refractivity contribution in [1.29, 1.82) is 0 Å². The molecule has 174 valence electrons. The van der Waals surface area contributed by atoms with E-state index in [0.717, 1.165) is 11.1 Å². The van der Waals surface area contributed by atoms with Crippen molar-refractivity contribution in [3.63, 3.8) is 0 Å². The number of alkyl halides is 1. The summed E-state index contributed by atoms with van der Waals surface area (Å²) in [5.41, 5.74) is -1.65. The summed E-state index contributed by atoms with van der Waals surface area (Å²) in [6, 6.07) is 27.6. The van der Waals surface area contributed by atoms with Crippen LogP contribution < -0.4 is 0 Å². The van der Waals surface area contributed by atoms with Crippen LogP contribution in [0.5, 0.6) is 0 Å². The van der Waals surface area contributed by atoms with Gasteiger partial charge in [0.05, 0.1) is 13.2 Å². The van der Waals surface area contributed by atoms with E-state index >= 15 is 0 Å². The molecule has 0 amide bonds. The second kappa shape index (κ2) is 10.1. The Morgan fingerprint density at radius 1 is 0.758 bits per heavy atom. The van der Waals surface area contributed by atoms with Gasteiger partial charge in [-0.05, 0) is 16.7 Å². The van der Waals surface area contributed by atoms with E-state index in [2.05, 4.69) is 0 Å². The van der Waals surface area contributed by atoms with Gasteiger partial charge in [-0.15, -0.1) is 0 Å². The molecule has 0 saturated carbocycles. The molecule has 5 atom stereocenters. The molecule has 1 heterocycles. The third-order valence-corrected chi connectivity index (χ3v) is 6.33. The number of benzene rings is 3. The first kappa shape index (κ1) is 23.5. The highest BCUT2D eigenvalue weighted by Gasteiger charge is 2.67. The molecule has 6 heteroatoms. The molecule has 3 N–H and O–H groups in total. The van der Waals surface area contributed by atoms with Gasteiger partial charge in [0.1, 0.15) is 23.4 Å². The Kier molecular flexibility index (Phi) is 7.22. The van der Waals surface area contributed by atoms with E-state index in [1.807, 2.05) is 66.7 Å². The maximum Gasteiger partial charge on any atom is 0.225 e. The first-order valence-corrected chi connectivity index (χ1v) is 11.0. The fourth-order valence-corrected chi connectivity index (χ4v) is 4.59. The minimum atomic E-state index is -2.49. The predicted molar refractivity (Wildman–Crippen MR) is 122 cm³/mol. The normalized spacial score (nSPS) is 28.0. The van der Waals surface area contributed by atoms with E-state index in [1.165, 1.54) is 0 Å². The second-order valence-electron chi connectivity index (χ2n) is 8.59. The smallest absolute Gasteiger partial charge is 0.225 e. The molecule has 5 nitrogen and oxygen atoms in total. The zero-order valence-corrected chi connectivity index (χ0v) is 18.3. The molecule has 0 aromatic heterocycles. The molecule has 3 aromatic carbocycles. The van der Waals surface area contributed by atoms with Gasteiger partial charge in [0.15, 0.2) is 0 Å². The molecule has 4 rings (SSSR count). The van der Waals surface area contributed by atoms with Crippen LogP contribution in [0, 0.1) is 0 Å². The summed E-state index contributed by atoms with van der Waals surface area (Å²) in [7, 11) is 0. The monoisotopic (exact) mass is 452 g/mol. The molecule has 1 aliphatic heterocycles. The van der Waals surface area contributed by atoms with Gasteiger partial charge >= 0.3 is 0 Å². The molecule has 0 aliphatic carbocycles.